The van der Waals surface area contributed by atoms with Crippen LogP contribution in [0.25, 0.3) is 16.0 Å². The van der Waals surface area contributed by atoms with Gasteiger partial charge in [-0.15, -0.1) is 0 Å². The molecule has 0 amide bonds. The van der Waals surface area contributed by atoms with Gasteiger partial charge in [-0.2, -0.15) is 0 Å². The molecule has 112 valence electrons. The third kappa shape index (κ3) is 2.20. The number of hydrogen-bond acceptors (Lipinski definition) is 0. The molecule has 0 heterocycles. The molecule has 0 aromatic heterocycles. The van der Waals surface area contributed by atoms with E-state index in [1.165, 1.54) is 22.3 Å². The van der Waals surface area contributed by atoms with Crippen molar-refractivity contribution in [2.75, 3.05) is 0 Å². The highest BCUT2D eigenvalue weighted by Gasteiger charge is 2.41. The predicted molar refractivity (Wildman–Crippen MR) is 96.4 cm³/mol. The second-order valence-electron chi connectivity index (χ2n) is 6.11. The van der Waals surface area contributed by atoms with Crippen molar-refractivity contribution in [1.82, 2.24) is 0 Å². The van der Waals surface area contributed by atoms with Gasteiger partial charge >= 0.3 is 0 Å². The molecule has 2 aromatic carbocycles. The van der Waals surface area contributed by atoms with Crippen molar-refractivity contribution >= 4 is 21.6 Å². The number of nitrogens with zero attached hydrogens (tertiary/aromatic N) is 1. The van der Waals surface area contributed by atoms with Gasteiger partial charge in [-0.3, -0.25) is 0 Å². The summed E-state index contributed by atoms with van der Waals surface area (Å²) >= 11 is 3.64. The topological polar surface area (TPSA) is 4.36 Å². The molecule has 3 rings (SSSR count). The number of hydrogen-bond donors (Lipinski definition) is 0. The Hall–Kier alpha value is -1.59. The molecule has 0 N–H and O–H groups in total. The van der Waals surface area contributed by atoms with Gasteiger partial charge in [0.15, 0.2) is 5.69 Å². The summed E-state index contributed by atoms with van der Waals surface area (Å²) in [6.07, 6.45) is 4.57. The van der Waals surface area contributed by atoms with Crippen molar-refractivity contribution < 1.29 is 0 Å². The third-order valence-electron chi connectivity index (χ3n) is 4.79. The second kappa shape index (κ2) is 5.89. The maximum atomic E-state index is 7.35. The van der Waals surface area contributed by atoms with Crippen molar-refractivity contribution in [3.05, 3.63) is 63.4 Å². The van der Waals surface area contributed by atoms with Crippen molar-refractivity contribution in [2.45, 2.75) is 44.9 Å². The summed E-state index contributed by atoms with van der Waals surface area (Å²) in [5, 5.41) is 0. The maximum absolute atomic E-state index is 7.35. The number of halogens is 1. The summed E-state index contributed by atoms with van der Waals surface area (Å²) in [6, 6.07) is 12.9. The first-order chi connectivity index (χ1) is 10.7. The van der Waals surface area contributed by atoms with E-state index in [0.717, 1.165) is 35.8 Å². The minimum atomic E-state index is 0.0681. The molecule has 0 saturated carbocycles. The fourth-order valence-electron chi connectivity index (χ4n) is 4.04. The van der Waals surface area contributed by atoms with E-state index < -0.39 is 0 Å². The first-order valence-electron chi connectivity index (χ1n) is 7.98. The molecule has 2 aromatic rings. The van der Waals surface area contributed by atoms with Crippen LogP contribution in [0, 0.1) is 6.57 Å². The lowest BCUT2D eigenvalue weighted by Crippen LogP contribution is -2.24. The van der Waals surface area contributed by atoms with Crippen LogP contribution in [0.3, 0.4) is 0 Å². The first kappa shape index (κ1) is 15.3. The van der Waals surface area contributed by atoms with Crippen LogP contribution < -0.4 is 0 Å². The molecule has 0 unspecified atom stereocenters. The van der Waals surface area contributed by atoms with Crippen LogP contribution in [0.15, 0.2) is 40.9 Å². The summed E-state index contributed by atoms with van der Waals surface area (Å²) < 4.78 is 1.14. The molecular formula is C20H20BrN. The van der Waals surface area contributed by atoms with Crippen LogP contribution >= 0.6 is 15.9 Å². The minimum absolute atomic E-state index is 0.0681. The summed E-state index contributed by atoms with van der Waals surface area (Å²) in [5.41, 5.74) is 6.27. The van der Waals surface area contributed by atoms with Crippen LogP contribution in [0.5, 0.6) is 0 Å². The monoisotopic (exact) mass is 353 g/mol. The van der Waals surface area contributed by atoms with Gasteiger partial charge < -0.3 is 0 Å². The van der Waals surface area contributed by atoms with E-state index in [4.69, 9.17) is 6.57 Å². The van der Waals surface area contributed by atoms with E-state index in [-0.39, 0.29) is 5.41 Å². The van der Waals surface area contributed by atoms with E-state index in [2.05, 4.69) is 65.0 Å². The Morgan fingerprint density at radius 3 is 2.14 bits per heavy atom. The normalized spacial score (nSPS) is 14.3. The zero-order valence-electron chi connectivity index (χ0n) is 13.1. The Kier molecular flexibility index (Phi) is 4.10. The van der Waals surface area contributed by atoms with Crippen molar-refractivity contribution in [3.63, 3.8) is 0 Å². The van der Waals surface area contributed by atoms with Crippen LogP contribution in [0.1, 0.15) is 50.7 Å². The van der Waals surface area contributed by atoms with Gasteiger partial charge in [0.1, 0.15) is 0 Å². The average Bonchev–Trinajstić information content (AvgIpc) is 2.78. The molecule has 0 atom stereocenters. The Labute approximate surface area is 141 Å². The Morgan fingerprint density at radius 1 is 0.955 bits per heavy atom. The van der Waals surface area contributed by atoms with Crippen LogP contribution in [-0.4, -0.2) is 0 Å². The molecule has 0 aliphatic heterocycles. The van der Waals surface area contributed by atoms with Crippen molar-refractivity contribution in [2.24, 2.45) is 0 Å². The molecule has 0 radical (unpaired) electrons. The van der Waals surface area contributed by atoms with Crippen LogP contribution in [-0.2, 0) is 5.41 Å². The predicted octanol–water partition coefficient (Wildman–Crippen LogP) is 6.87. The molecule has 0 bridgehead atoms. The van der Waals surface area contributed by atoms with E-state index in [0.29, 0.717) is 0 Å². The number of benzene rings is 2. The molecule has 1 aliphatic rings. The standard InChI is InChI=1S/C20H20BrN/c1-4-10-20(11-5-2)18-12-14(21)6-8-16(18)17-9-7-15(22-3)13-19(17)20/h6-9,12-13H,4-5,10-11H2,1-2H3. The van der Waals surface area contributed by atoms with Crippen molar-refractivity contribution in [1.29, 1.82) is 0 Å². The second-order valence-corrected chi connectivity index (χ2v) is 7.03. The third-order valence-corrected chi connectivity index (χ3v) is 5.28. The molecule has 2 heteroatoms. The number of fused-ring (bicyclic) bond motifs is 3. The van der Waals surface area contributed by atoms with E-state index >= 15 is 0 Å². The SMILES string of the molecule is [C-]#[N+]c1ccc2c(c1)C(CCC)(CCC)c1cc(Br)ccc1-2. The van der Waals surface area contributed by atoms with Gasteiger partial charge in [-0.1, -0.05) is 66.9 Å². The zero-order chi connectivity index (χ0) is 15.7. The largest absolute Gasteiger partial charge is 0.238 e. The Morgan fingerprint density at radius 2 is 1.55 bits per heavy atom. The molecule has 22 heavy (non-hydrogen) atoms. The molecule has 1 nitrogen and oxygen atoms in total. The average molecular weight is 354 g/mol. The fourth-order valence-corrected chi connectivity index (χ4v) is 4.40. The lowest BCUT2D eigenvalue weighted by atomic mass is 9.71. The van der Waals surface area contributed by atoms with Gasteiger partial charge in [-0.05, 0) is 47.2 Å². The first-order valence-corrected chi connectivity index (χ1v) is 8.78. The molecular weight excluding hydrogens is 334 g/mol. The summed E-state index contributed by atoms with van der Waals surface area (Å²) in [4.78, 5) is 3.65. The molecule has 0 saturated heterocycles. The number of rotatable bonds is 4. The van der Waals surface area contributed by atoms with Crippen LogP contribution in [0.4, 0.5) is 5.69 Å². The summed E-state index contributed by atoms with van der Waals surface area (Å²) in [6.45, 7) is 11.9. The fraction of sp³-hybridized carbons (Fsp3) is 0.350. The maximum Gasteiger partial charge on any atom is 0.187 e. The van der Waals surface area contributed by atoms with Gasteiger partial charge in [0.25, 0.3) is 0 Å². The van der Waals surface area contributed by atoms with Gasteiger partial charge in [0.2, 0.25) is 0 Å². The summed E-state index contributed by atoms with van der Waals surface area (Å²) in [5.74, 6) is 0. The highest BCUT2D eigenvalue weighted by molar-refractivity contribution is 9.10. The van der Waals surface area contributed by atoms with E-state index in [1.807, 2.05) is 6.07 Å². The zero-order valence-corrected chi connectivity index (χ0v) is 14.7. The summed E-state index contributed by atoms with van der Waals surface area (Å²) in [7, 11) is 0. The van der Waals surface area contributed by atoms with Crippen LogP contribution in [0.2, 0.25) is 0 Å². The Balaban J connectivity index is 2.33. The highest BCUT2D eigenvalue weighted by atomic mass is 79.9. The van der Waals surface area contributed by atoms with Gasteiger partial charge in [0.05, 0.1) is 6.57 Å². The quantitative estimate of drug-likeness (QED) is 0.528. The van der Waals surface area contributed by atoms with E-state index in [1.54, 1.807) is 0 Å². The van der Waals surface area contributed by atoms with E-state index in [9.17, 15) is 0 Å². The minimum Gasteiger partial charge on any atom is -0.238 e. The Bertz CT molecular complexity index is 749. The molecule has 1 aliphatic carbocycles. The lowest BCUT2D eigenvalue weighted by molar-refractivity contribution is 0.436. The van der Waals surface area contributed by atoms with Gasteiger partial charge in [0, 0.05) is 9.89 Å². The molecule has 0 spiro atoms. The highest BCUT2D eigenvalue weighted by Crippen LogP contribution is 2.54. The van der Waals surface area contributed by atoms with Gasteiger partial charge in [-0.25, -0.2) is 4.85 Å². The molecule has 0 fully saturated rings. The lowest BCUT2D eigenvalue weighted by Gasteiger charge is -2.32. The smallest absolute Gasteiger partial charge is 0.187 e. The van der Waals surface area contributed by atoms with Crippen molar-refractivity contribution in [3.8, 4) is 11.1 Å².